The zero-order valence-electron chi connectivity index (χ0n) is 18.4. The Balaban J connectivity index is 0. The molecule has 0 spiro atoms. The maximum atomic E-state index is 13.4. The van der Waals surface area contributed by atoms with Crippen LogP contribution in [0.5, 0.6) is 0 Å². The molecule has 0 saturated heterocycles. The Morgan fingerprint density at radius 2 is 0.537 bits per heavy atom. The zero-order valence-corrected chi connectivity index (χ0v) is 19.2. The normalized spacial score (nSPS) is 16.3. The van der Waals surface area contributed by atoms with Gasteiger partial charge in [0.25, 0.3) is 0 Å². The molecule has 41 heavy (non-hydrogen) atoms. The van der Waals surface area contributed by atoms with E-state index in [1.54, 1.807) is 0 Å². The van der Waals surface area contributed by atoms with E-state index in [1.165, 1.54) is 0 Å². The largest absolute Gasteiger partial charge is 0.460 e. The minimum Gasteiger partial charge on any atom is -0.323 e. The lowest BCUT2D eigenvalue weighted by Crippen LogP contribution is -2.77. The third-order valence-electron chi connectivity index (χ3n) is 4.20. The predicted octanol–water partition coefficient (Wildman–Crippen LogP) is 6.58. The molecule has 4 nitrogen and oxygen atoms in total. The molecule has 0 fully saturated rings. The van der Waals surface area contributed by atoms with Gasteiger partial charge in [-0.1, -0.05) is 0 Å². The van der Waals surface area contributed by atoms with Crippen LogP contribution in [0, 0.1) is 0 Å². The smallest absolute Gasteiger partial charge is 0.323 e. The molecule has 0 aliphatic carbocycles. The fourth-order valence-electron chi connectivity index (χ4n) is 1.90. The summed E-state index contributed by atoms with van der Waals surface area (Å²) in [5, 5.41) is -5.40. The number of nitrogens with one attached hydrogen (secondary N) is 1. The van der Waals surface area contributed by atoms with Gasteiger partial charge in [-0.2, -0.15) is 109 Å². The fraction of sp³-hybridized carbons (Fsp3) is 1.00. The average molecular weight is 695 g/mol. The summed E-state index contributed by atoms with van der Waals surface area (Å²) in [5.41, 5.74) is 0. The van der Waals surface area contributed by atoms with Gasteiger partial charge in [-0.25, -0.2) is 0 Å². The predicted molar refractivity (Wildman–Crippen MR) is 82.1 cm³/mol. The Morgan fingerprint density at radius 3 is 0.683 bits per heavy atom. The lowest BCUT2D eigenvalue weighted by molar-refractivity contribution is -0.476. The average Bonchev–Trinajstić information content (AvgIpc) is 2.71. The van der Waals surface area contributed by atoms with Crippen LogP contribution in [0.1, 0.15) is 0 Å². The summed E-state index contributed by atoms with van der Waals surface area (Å²) >= 11 is 0. The van der Waals surface area contributed by atoms with Crippen LogP contribution in [-0.2, 0) is 10.1 Å². The Labute approximate surface area is 209 Å². The number of hydrogen-bond donors (Lipinski definition) is 2. The molecule has 0 unspecified atom stereocenters. The number of alkyl halides is 23. The molecule has 2 N–H and O–H groups in total. The van der Waals surface area contributed by atoms with Crippen molar-refractivity contribution < 1.29 is 114 Å². The topological polar surface area (TPSA) is 66.4 Å². The van der Waals surface area contributed by atoms with Gasteiger partial charge in [-0.15, -0.1) is 0 Å². The van der Waals surface area contributed by atoms with Crippen LogP contribution >= 0.6 is 0 Å². The van der Waals surface area contributed by atoms with Gasteiger partial charge in [0.15, 0.2) is 0 Å². The van der Waals surface area contributed by atoms with Crippen LogP contribution in [0.4, 0.5) is 101 Å². The molecule has 28 heteroatoms. The van der Waals surface area contributed by atoms with Crippen LogP contribution in [0.2, 0.25) is 0 Å². The van der Waals surface area contributed by atoms with E-state index in [-0.39, 0.29) is 0 Å². The third-order valence-corrected chi connectivity index (χ3v) is 5.10. The first kappa shape index (κ1) is 41.4. The molecule has 0 aromatic carbocycles. The highest BCUT2D eigenvalue weighted by atomic mass is 32.2. The first-order valence-electron chi connectivity index (χ1n) is 8.57. The molecule has 0 aromatic rings. The molecule has 0 aromatic heterocycles. The van der Waals surface area contributed by atoms with Crippen LogP contribution in [0.3, 0.4) is 0 Å². The number of hydrogen-bond acceptors (Lipinski definition) is 3. The Kier molecular flexibility index (Phi) is 10.6. The first-order chi connectivity index (χ1) is 17.2. The molecule has 0 radical (unpaired) electrons. The second-order valence-corrected chi connectivity index (χ2v) is 8.62. The van der Waals surface area contributed by atoms with Gasteiger partial charge in [0, 0.05) is 0 Å². The van der Waals surface area contributed by atoms with Crippen molar-refractivity contribution in [2.75, 3.05) is 14.1 Å². The summed E-state index contributed by atoms with van der Waals surface area (Å²) in [5.74, 6) is -83.2. The van der Waals surface area contributed by atoms with Crippen molar-refractivity contribution in [1.29, 1.82) is 0 Å². The molecule has 250 valence electrons. The van der Waals surface area contributed by atoms with E-state index in [1.807, 2.05) is 14.1 Å². The third kappa shape index (κ3) is 5.32. The highest BCUT2D eigenvalue weighted by Gasteiger charge is 2.99. The Morgan fingerprint density at radius 1 is 0.390 bits per heavy atom. The van der Waals surface area contributed by atoms with E-state index in [4.69, 9.17) is 4.55 Å². The molecule has 0 aliphatic rings. The quantitative estimate of drug-likeness (QED) is 0.200. The van der Waals surface area contributed by atoms with Gasteiger partial charge in [0.2, 0.25) is 0 Å². The summed E-state index contributed by atoms with van der Waals surface area (Å²) in [6, 6.07) is 0. The number of rotatable bonds is 10. The molecule has 0 heterocycles. The standard InChI is InChI=1S/C11HF23O3S.C2H7N/c12-1(13,2(14,15)4(18,19)6(22,23)8(26,27)10(30,31)32)3(16,17)5(20,21)7(24,25)9(28,29)11(33,34)38(35,36)37;1-3-2/h(H,35,36,37);3H,1-2H3. The maximum absolute atomic E-state index is 13.4. The maximum Gasteiger partial charge on any atom is 0.460 e. The lowest BCUT2D eigenvalue weighted by atomic mass is 9.86. The van der Waals surface area contributed by atoms with Crippen molar-refractivity contribution >= 4 is 10.1 Å². The zero-order chi connectivity index (χ0) is 34.7. The summed E-state index contributed by atoms with van der Waals surface area (Å²) in [6.45, 7) is 0. The SMILES string of the molecule is CNC.O=S(=O)(O)C(F)(F)C(F)(F)C(F)(F)C(F)(F)C(F)(F)C(F)(F)C(F)(F)C(F)(F)C(F)(F)C(F)(F)C(F)(F)F. The van der Waals surface area contributed by atoms with Gasteiger partial charge in [0.05, 0.1) is 0 Å². The van der Waals surface area contributed by atoms with Crippen molar-refractivity contribution in [2.45, 2.75) is 64.7 Å². The molecule has 0 bridgehead atoms. The molecule has 0 saturated carbocycles. The van der Waals surface area contributed by atoms with Crippen molar-refractivity contribution in [3.05, 3.63) is 0 Å². The second-order valence-electron chi connectivity index (χ2n) is 7.16. The van der Waals surface area contributed by atoms with Crippen LogP contribution in [0.15, 0.2) is 0 Å². The number of halogens is 23. The van der Waals surface area contributed by atoms with E-state index < -0.39 is 74.9 Å². The van der Waals surface area contributed by atoms with Crippen molar-refractivity contribution in [2.24, 2.45) is 0 Å². The van der Waals surface area contributed by atoms with Crippen molar-refractivity contribution in [1.82, 2.24) is 5.32 Å². The molecule has 0 atom stereocenters. The van der Waals surface area contributed by atoms with Gasteiger partial charge >= 0.3 is 74.9 Å². The van der Waals surface area contributed by atoms with Gasteiger partial charge in [0.1, 0.15) is 0 Å². The first-order valence-corrected chi connectivity index (χ1v) is 10.0. The minimum atomic E-state index is -9.58. The summed E-state index contributed by atoms with van der Waals surface area (Å²) in [7, 11) is -4.42. The summed E-state index contributed by atoms with van der Waals surface area (Å²) in [6.07, 6.45) is -8.16. The van der Waals surface area contributed by atoms with Crippen molar-refractivity contribution in [3.63, 3.8) is 0 Å². The van der Waals surface area contributed by atoms with Gasteiger partial charge in [-0.05, 0) is 14.1 Å². The summed E-state index contributed by atoms with van der Waals surface area (Å²) in [4.78, 5) is 0. The van der Waals surface area contributed by atoms with Crippen LogP contribution in [0.25, 0.3) is 0 Å². The van der Waals surface area contributed by atoms with E-state index in [0.717, 1.165) is 0 Å². The molecule has 0 amide bonds. The second kappa shape index (κ2) is 10.5. The lowest BCUT2D eigenvalue weighted by Gasteiger charge is -2.44. The Bertz CT molecular complexity index is 1030. The summed E-state index contributed by atoms with van der Waals surface area (Å²) < 4.78 is 326. The molecular weight excluding hydrogens is 687 g/mol. The molecule has 0 aliphatic heterocycles. The highest BCUT2D eigenvalue weighted by Crippen LogP contribution is 2.67. The van der Waals surface area contributed by atoms with E-state index in [9.17, 15) is 109 Å². The van der Waals surface area contributed by atoms with E-state index in [0.29, 0.717) is 0 Å². The molecule has 0 rings (SSSR count). The minimum absolute atomic E-state index is 1.88. The highest BCUT2D eigenvalue weighted by molar-refractivity contribution is 7.87. The van der Waals surface area contributed by atoms with E-state index in [2.05, 4.69) is 5.32 Å². The van der Waals surface area contributed by atoms with Crippen molar-refractivity contribution in [3.8, 4) is 0 Å². The van der Waals surface area contributed by atoms with Crippen LogP contribution < -0.4 is 5.32 Å². The fourth-order valence-corrected chi connectivity index (χ4v) is 2.36. The van der Waals surface area contributed by atoms with Gasteiger partial charge in [-0.3, -0.25) is 4.55 Å². The van der Waals surface area contributed by atoms with Gasteiger partial charge < -0.3 is 5.32 Å². The Hall–Kier alpha value is -1.74. The molecular formula is C13H8F23NO3S. The van der Waals surface area contributed by atoms with E-state index >= 15 is 0 Å². The monoisotopic (exact) mass is 695 g/mol. The van der Waals surface area contributed by atoms with Crippen LogP contribution in [-0.4, -0.2) is 91.8 Å².